The Hall–Kier alpha value is 0.700. The van der Waals surface area contributed by atoms with Crippen LogP contribution in [-0.4, -0.2) is 34.5 Å². The van der Waals surface area contributed by atoms with Crippen molar-refractivity contribution in [2.45, 2.75) is 38.5 Å². The second-order valence-electron chi connectivity index (χ2n) is 4.57. The molecule has 2 fully saturated rings. The van der Waals surface area contributed by atoms with Gasteiger partial charge in [-0.25, -0.2) is 0 Å². The van der Waals surface area contributed by atoms with Gasteiger partial charge in [0.05, 0.1) is 0 Å². The molecule has 0 bridgehead atoms. The zero-order chi connectivity index (χ0) is 9.64. The predicted molar refractivity (Wildman–Crippen MR) is 71.6 cm³/mol. The highest BCUT2D eigenvalue weighted by atomic mass is 32.2. The summed E-state index contributed by atoms with van der Waals surface area (Å²) in [6.07, 6.45) is 9.24. The van der Waals surface area contributed by atoms with Crippen LogP contribution in [0.2, 0.25) is 0 Å². The topological polar surface area (TPSA) is 0 Å². The van der Waals surface area contributed by atoms with Crippen LogP contribution in [0.15, 0.2) is 0 Å². The average Bonchev–Trinajstić information content (AvgIpc) is 2.86. The van der Waals surface area contributed by atoms with Gasteiger partial charge in [-0.3, -0.25) is 0 Å². The lowest BCUT2D eigenvalue weighted by atomic mass is 10.4. The maximum atomic E-state index is 1.58. The second-order valence-corrected chi connectivity index (χ2v) is 9.47. The van der Waals surface area contributed by atoms with Crippen molar-refractivity contribution in [1.29, 1.82) is 0 Å². The predicted octanol–water partition coefficient (Wildman–Crippen LogP) is 2.59. The van der Waals surface area contributed by atoms with Gasteiger partial charge in [0.1, 0.15) is 34.5 Å². The van der Waals surface area contributed by atoms with Crippen LogP contribution in [0, 0.1) is 0 Å². The number of rotatable bonds is 5. The summed E-state index contributed by atoms with van der Waals surface area (Å²) in [6.45, 7) is 0. The van der Waals surface area contributed by atoms with Crippen molar-refractivity contribution in [3.63, 3.8) is 0 Å². The molecule has 0 nitrogen and oxygen atoms in total. The van der Waals surface area contributed by atoms with E-state index >= 15 is 0 Å². The molecule has 2 heteroatoms. The summed E-state index contributed by atoms with van der Waals surface area (Å²) >= 11 is 0. The Balaban J connectivity index is 1.46. The van der Waals surface area contributed by atoms with E-state index in [1.807, 2.05) is 0 Å². The third kappa shape index (κ3) is 3.69. The standard InChI is InChI=1S/C12H24S2/c1-2-8-13(7-1)11-5-6-12-14-9-3-4-10-14/h1-12H2/q+2. The number of hydrogen-bond acceptors (Lipinski definition) is 0. The molecule has 14 heavy (non-hydrogen) atoms. The fraction of sp³-hybridized carbons (Fsp3) is 1.00. The third-order valence-corrected chi connectivity index (χ3v) is 8.54. The summed E-state index contributed by atoms with van der Waals surface area (Å²) in [5.41, 5.74) is 0. The van der Waals surface area contributed by atoms with Crippen molar-refractivity contribution in [3.05, 3.63) is 0 Å². The first-order valence-electron chi connectivity index (χ1n) is 6.23. The van der Waals surface area contributed by atoms with E-state index in [2.05, 4.69) is 0 Å². The number of hydrogen-bond donors (Lipinski definition) is 0. The lowest BCUT2D eigenvalue weighted by Crippen LogP contribution is -2.12. The molecule has 82 valence electrons. The Morgan fingerprint density at radius 2 is 0.929 bits per heavy atom. The molecular formula is C12H24S2+2. The van der Waals surface area contributed by atoms with Crippen LogP contribution in [0.4, 0.5) is 0 Å². The molecule has 2 aliphatic rings. The summed E-state index contributed by atoms with van der Waals surface area (Å²) < 4.78 is 0. The van der Waals surface area contributed by atoms with Crippen molar-refractivity contribution in [1.82, 2.24) is 0 Å². The first kappa shape index (κ1) is 11.2. The summed E-state index contributed by atoms with van der Waals surface area (Å²) in [7, 11) is 1.75. The van der Waals surface area contributed by atoms with Crippen molar-refractivity contribution in [2.75, 3.05) is 34.5 Å². The third-order valence-electron chi connectivity index (χ3n) is 3.35. The molecule has 2 rings (SSSR count). The minimum Gasteiger partial charge on any atom is -0.0128 e. The molecule has 0 saturated carbocycles. The van der Waals surface area contributed by atoms with Gasteiger partial charge in [0, 0.05) is 0 Å². The maximum absolute atomic E-state index is 1.58. The van der Waals surface area contributed by atoms with Crippen LogP contribution in [-0.2, 0) is 21.8 Å². The molecule has 0 aromatic rings. The summed E-state index contributed by atoms with van der Waals surface area (Å²) in [6, 6.07) is 0. The monoisotopic (exact) mass is 232 g/mol. The van der Waals surface area contributed by atoms with Gasteiger partial charge in [0.15, 0.2) is 0 Å². The second kappa shape index (κ2) is 6.32. The molecule has 0 aliphatic carbocycles. The Kier molecular flexibility index (Phi) is 5.05. The van der Waals surface area contributed by atoms with Crippen molar-refractivity contribution >= 4 is 21.8 Å². The Bertz CT molecular complexity index is 128. The zero-order valence-electron chi connectivity index (χ0n) is 9.30. The van der Waals surface area contributed by atoms with Gasteiger partial charge in [-0.05, 0) is 60.3 Å². The van der Waals surface area contributed by atoms with Crippen LogP contribution in [0.5, 0.6) is 0 Å². The summed E-state index contributed by atoms with van der Waals surface area (Å²) in [5, 5.41) is 0. The van der Waals surface area contributed by atoms with E-state index in [-0.39, 0.29) is 0 Å². The van der Waals surface area contributed by atoms with Crippen molar-refractivity contribution in [2.24, 2.45) is 0 Å². The lowest BCUT2D eigenvalue weighted by molar-refractivity contribution is 0.900. The van der Waals surface area contributed by atoms with Crippen molar-refractivity contribution < 1.29 is 0 Å². The Labute approximate surface area is 94.9 Å². The fourth-order valence-electron chi connectivity index (χ4n) is 2.45. The molecule has 0 N–H and O–H groups in total. The molecule has 2 saturated heterocycles. The largest absolute Gasteiger partial charge is 0.108 e. The normalized spacial score (nSPS) is 24.9. The van der Waals surface area contributed by atoms with E-state index in [0.717, 1.165) is 21.8 Å². The van der Waals surface area contributed by atoms with E-state index in [1.54, 1.807) is 47.4 Å². The van der Waals surface area contributed by atoms with Crippen molar-refractivity contribution in [3.8, 4) is 0 Å². The van der Waals surface area contributed by atoms with Crippen LogP contribution in [0.1, 0.15) is 38.5 Å². The molecule has 0 amide bonds. The van der Waals surface area contributed by atoms with Gasteiger partial charge >= 0.3 is 0 Å². The molecule has 0 unspecified atom stereocenters. The van der Waals surface area contributed by atoms with Gasteiger partial charge in [-0.15, -0.1) is 0 Å². The highest BCUT2D eigenvalue weighted by Crippen LogP contribution is 2.17. The quantitative estimate of drug-likeness (QED) is 0.505. The van der Waals surface area contributed by atoms with Gasteiger partial charge < -0.3 is 0 Å². The number of unbranched alkanes of at least 4 members (excludes halogenated alkanes) is 1. The first-order valence-corrected chi connectivity index (χ1v) is 9.70. The van der Waals surface area contributed by atoms with Gasteiger partial charge in [0.25, 0.3) is 0 Å². The van der Waals surface area contributed by atoms with E-state index < -0.39 is 0 Å². The lowest BCUT2D eigenvalue weighted by Gasteiger charge is -2.01. The maximum Gasteiger partial charge on any atom is 0.108 e. The molecule has 0 aromatic carbocycles. The molecule has 2 aliphatic heterocycles. The van der Waals surface area contributed by atoms with E-state index in [1.165, 1.54) is 25.7 Å². The van der Waals surface area contributed by atoms with Crippen LogP contribution in [0.3, 0.4) is 0 Å². The molecule has 0 spiro atoms. The van der Waals surface area contributed by atoms with Gasteiger partial charge in [-0.2, -0.15) is 0 Å². The minimum absolute atomic E-state index is 0.873. The van der Waals surface area contributed by atoms with Gasteiger partial charge in [0.2, 0.25) is 0 Å². The minimum atomic E-state index is 0.873. The Morgan fingerprint density at radius 1 is 0.571 bits per heavy atom. The smallest absolute Gasteiger partial charge is 0.0128 e. The summed E-state index contributed by atoms with van der Waals surface area (Å²) in [5.74, 6) is 9.46. The Morgan fingerprint density at radius 3 is 1.29 bits per heavy atom. The van der Waals surface area contributed by atoms with E-state index in [0.29, 0.717) is 0 Å². The zero-order valence-corrected chi connectivity index (χ0v) is 10.9. The van der Waals surface area contributed by atoms with E-state index in [4.69, 9.17) is 0 Å². The highest BCUT2D eigenvalue weighted by molar-refractivity contribution is 7.97. The fourth-order valence-corrected chi connectivity index (χ4v) is 7.35. The molecule has 0 aromatic heterocycles. The molecule has 0 radical (unpaired) electrons. The van der Waals surface area contributed by atoms with Crippen LogP contribution < -0.4 is 0 Å². The molecule has 2 heterocycles. The molecular weight excluding hydrogens is 208 g/mol. The van der Waals surface area contributed by atoms with Gasteiger partial charge in [-0.1, -0.05) is 0 Å². The van der Waals surface area contributed by atoms with E-state index in [9.17, 15) is 0 Å². The highest BCUT2D eigenvalue weighted by Gasteiger charge is 2.25. The summed E-state index contributed by atoms with van der Waals surface area (Å²) in [4.78, 5) is 0. The first-order chi connectivity index (χ1) is 6.95. The SMILES string of the molecule is C1CC[S+](CCCC[S+]2CCCC2)C1. The van der Waals surface area contributed by atoms with Crippen LogP contribution in [0.25, 0.3) is 0 Å². The molecule has 0 atom stereocenters. The van der Waals surface area contributed by atoms with Crippen LogP contribution >= 0.6 is 0 Å². The average molecular weight is 232 g/mol.